The van der Waals surface area contributed by atoms with Gasteiger partial charge in [-0.05, 0) is 18.9 Å². The molecule has 1 N–H and O–H groups in total. The number of β-amino-alcohol motifs (C(OH)–C–C–N with tert-alkyl or cyclic N) is 1. The van der Waals surface area contributed by atoms with Gasteiger partial charge in [0.1, 0.15) is 5.82 Å². The molecule has 1 saturated heterocycles. The van der Waals surface area contributed by atoms with E-state index >= 15 is 0 Å². The van der Waals surface area contributed by atoms with Gasteiger partial charge in [-0.2, -0.15) is 0 Å². The van der Waals surface area contributed by atoms with Crippen molar-refractivity contribution in [1.82, 2.24) is 4.90 Å². The zero-order valence-electron chi connectivity index (χ0n) is 12.5. The summed E-state index contributed by atoms with van der Waals surface area (Å²) in [5.74, 6) is -0.270. The number of rotatable bonds is 7. The number of methoxy groups -OCH3 is 1. The van der Waals surface area contributed by atoms with Gasteiger partial charge in [-0.15, -0.1) is 0 Å². The molecule has 0 radical (unpaired) electrons. The minimum atomic E-state index is -0.545. The molecular formula is C16H24FNO3. The van der Waals surface area contributed by atoms with Crippen LogP contribution < -0.4 is 0 Å². The zero-order valence-corrected chi connectivity index (χ0v) is 12.5. The van der Waals surface area contributed by atoms with Gasteiger partial charge >= 0.3 is 0 Å². The predicted molar refractivity (Wildman–Crippen MR) is 78.5 cm³/mol. The van der Waals surface area contributed by atoms with Crippen molar-refractivity contribution >= 4 is 0 Å². The number of aliphatic hydroxyl groups is 1. The first kappa shape index (κ1) is 16.4. The molecule has 1 aromatic carbocycles. The van der Waals surface area contributed by atoms with Crippen LogP contribution >= 0.6 is 0 Å². The lowest BCUT2D eigenvalue weighted by atomic mass is 10.1. The van der Waals surface area contributed by atoms with Crippen molar-refractivity contribution in [3.63, 3.8) is 0 Å². The molecule has 5 heteroatoms. The van der Waals surface area contributed by atoms with Crippen LogP contribution in [0, 0.1) is 5.82 Å². The lowest BCUT2D eigenvalue weighted by molar-refractivity contribution is -0.00945. The summed E-state index contributed by atoms with van der Waals surface area (Å²) in [7, 11) is 1.74. The molecule has 0 saturated carbocycles. The van der Waals surface area contributed by atoms with Crippen LogP contribution in [0.3, 0.4) is 0 Å². The molecule has 1 aliphatic rings. The highest BCUT2D eigenvalue weighted by molar-refractivity contribution is 5.16. The number of hydrogen-bond acceptors (Lipinski definition) is 4. The van der Waals surface area contributed by atoms with E-state index in [1.54, 1.807) is 25.3 Å². The Morgan fingerprint density at radius 2 is 2.05 bits per heavy atom. The van der Waals surface area contributed by atoms with Gasteiger partial charge in [-0.25, -0.2) is 4.39 Å². The third-order valence-electron chi connectivity index (χ3n) is 3.86. The number of aliphatic hydroxyl groups excluding tert-OH is 1. The highest BCUT2D eigenvalue weighted by Gasteiger charge is 2.20. The largest absolute Gasteiger partial charge is 0.389 e. The molecule has 0 bridgehead atoms. The quantitative estimate of drug-likeness (QED) is 0.833. The molecule has 0 spiro atoms. The maximum absolute atomic E-state index is 13.4. The van der Waals surface area contributed by atoms with Crippen molar-refractivity contribution < 1.29 is 19.0 Å². The van der Waals surface area contributed by atoms with Crippen LogP contribution in [0.25, 0.3) is 0 Å². The Hall–Kier alpha value is -1.01. The predicted octanol–water partition coefficient (Wildman–Crippen LogP) is 1.81. The summed E-state index contributed by atoms with van der Waals surface area (Å²) in [4.78, 5) is 2.21. The lowest BCUT2D eigenvalue weighted by Gasteiger charge is -2.32. The van der Waals surface area contributed by atoms with Crippen LogP contribution in [0.15, 0.2) is 24.3 Å². The molecule has 1 atom stereocenters. The maximum atomic E-state index is 13.4. The summed E-state index contributed by atoms with van der Waals surface area (Å²) < 4.78 is 24.1. The third-order valence-corrected chi connectivity index (χ3v) is 3.86. The summed E-state index contributed by atoms with van der Waals surface area (Å²) >= 11 is 0. The molecule has 21 heavy (non-hydrogen) atoms. The first-order chi connectivity index (χ1) is 10.2. The lowest BCUT2D eigenvalue weighted by Crippen LogP contribution is -2.41. The minimum Gasteiger partial charge on any atom is -0.389 e. The first-order valence-corrected chi connectivity index (χ1v) is 7.43. The molecule has 118 valence electrons. The normalized spacial score (nSPS) is 18.8. The first-order valence-electron chi connectivity index (χ1n) is 7.43. The van der Waals surface area contributed by atoms with Gasteiger partial charge in [0.2, 0.25) is 0 Å². The second-order valence-corrected chi connectivity index (χ2v) is 5.50. The molecule has 4 nitrogen and oxygen atoms in total. The Bertz CT molecular complexity index is 422. The number of ether oxygens (including phenoxy) is 2. The van der Waals surface area contributed by atoms with Crippen molar-refractivity contribution in [3.8, 4) is 0 Å². The van der Waals surface area contributed by atoms with Crippen LogP contribution in [0.2, 0.25) is 0 Å². The van der Waals surface area contributed by atoms with E-state index in [-0.39, 0.29) is 19.0 Å². The Balaban J connectivity index is 1.64. The monoisotopic (exact) mass is 297 g/mol. The number of halogens is 1. The summed E-state index contributed by atoms with van der Waals surface area (Å²) in [6.45, 7) is 2.87. The van der Waals surface area contributed by atoms with E-state index in [0.717, 1.165) is 25.9 Å². The van der Waals surface area contributed by atoms with Crippen molar-refractivity contribution in [2.75, 3.05) is 33.4 Å². The Labute approximate surface area is 125 Å². The van der Waals surface area contributed by atoms with Crippen molar-refractivity contribution in [2.24, 2.45) is 0 Å². The van der Waals surface area contributed by atoms with Crippen LogP contribution in [-0.2, 0) is 16.1 Å². The molecule has 0 aliphatic carbocycles. The summed E-state index contributed by atoms with van der Waals surface area (Å²) in [6.07, 6.45) is 1.80. The van der Waals surface area contributed by atoms with Crippen LogP contribution in [0.1, 0.15) is 18.4 Å². The smallest absolute Gasteiger partial charge is 0.128 e. The maximum Gasteiger partial charge on any atom is 0.128 e. The van der Waals surface area contributed by atoms with Gasteiger partial charge in [0.25, 0.3) is 0 Å². The number of hydrogen-bond donors (Lipinski definition) is 1. The molecule has 1 aliphatic heterocycles. The van der Waals surface area contributed by atoms with Gasteiger partial charge in [0, 0.05) is 32.3 Å². The van der Waals surface area contributed by atoms with E-state index in [1.165, 1.54) is 6.07 Å². The summed E-state index contributed by atoms with van der Waals surface area (Å²) in [6, 6.07) is 6.53. The second kappa shape index (κ2) is 8.44. The molecule has 1 unspecified atom stereocenters. The summed E-state index contributed by atoms with van der Waals surface area (Å²) in [5, 5.41) is 9.98. The summed E-state index contributed by atoms with van der Waals surface area (Å²) in [5.41, 5.74) is 0.519. The van der Waals surface area contributed by atoms with E-state index in [4.69, 9.17) is 9.47 Å². The molecule has 1 heterocycles. The third kappa shape index (κ3) is 5.36. The topological polar surface area (TPSA) is 41.9 Å². The number of likely N-dealkylation sites (tertiary alicyclic amines) is 1. The Morgan fingerprint density at radius 1 is 1.33 bits per heavy atom. The van der Waals surface area contributed by atoms with Crippen molar-refractivity contribution in [3.05, 3.63) is 35.6 Å². The van der Waals surface area contributed by atoms with Gasteiger partial charge in [0.05, 0.1) is 25.4 Å². The fourth-order valence-electron chi connectivity index (χ4n) is 2.60. The fraction of sp³-hybridized carbons (Fsp3) is 0.625. The van der Waals surface area contributed by atoms with Gasteiger partial charge < -0.3 is 19.5 Å². The van der Waals surface area contributed by atoms with Crippen LogP contribution in [0.4, 0.5) is 4.39 Å². The average molecular weight is 297 g/mol. The molecule has 0 aromatic heterocycles. The molecule has 0 amide bonds. The number of piperidine rings is 1. The minimum absolute atomic E-state index is 0.190. The Morgan fingerprint density at radius 3 is 2.71 bits per heavy atom. The van der Waals surface area contributed by atoms with E-state index in [1.807, 2.05) is 0 Å². The van der Waals surface area contributed by atoms with Crippen LogP contribution in [0.5, 0.6) is 0 Å². The number of benzene rings is 1. The SMILES string of the molecule is COC1CCN(CC(O)COCc2ccccc2F)CC1. The van der Waals surface area contributed by atoms with E-state index in [9.17, 15) is 9.50 Å². The standard InChI is InChI=1S/C16H24FNO3/c1-20-15-6-8-18(9-7-15)10-14(19)12-21-11-13-4-2-3-5-16(13)17/h2-5,14-15,19H,6-12H2,1H3. The Kier molecular flexibility index (Phi) is 6.57. The van der Waals surface area contributed by atoms with E-state index < -0.39 is 6.10 Å². The average Bonchev–Trinajstić information content (AvgIpc) is 2.50. The molecule has 2 rings (SSSR count). The highest BCUT2D eigenvalue weighted by atomic mass is 19.1. The van der Waals surface area contributed by atoms with Crippen LogP contribution in [-0.4, -0.2) is 55.6 Å². The van der Waals surface area contributed by atoms with E-state index in [0.29, 0.717) is 18.2 Å². The van der Waals surface area contributed by atoms with Gasteiger partial charge in [-0.3, -0.25) is 0 Å². The van der Waals surface area contributed by atoms with Gasteiger partial charge in [0.15, 0.2) is 0 Å². The number of nitrogens with zero attached hydrogens (tertiary/aromatic N) is 1. The van der Waals surface area contributed by atoms with Crippen molar-refractivity contribution in [2.45, 2.75) is 31.7 Å². The second-order valence-electron chi connectivity index (χ2n) is 5.50. The molecule has 1 fully saturated rings. The van der Waals surface area contributed by atoms with Crippen molar-refractivity contribution in [1.29, 1.82) is 0 Å². The van der Waals surface area contributed by atoms with E-state index in [2.05, 4.69) is 4.90 Å². The molecular weight excluding hydrogens is 273 g/mol. The van der Waals surface area contributed by atoms with Gasteiger partial charge in [-0.1, -0.05) is 18.2 Å². The zero-order chi connectivity index (χ0) is 15.1. The highest BCUT2D eigenvalue weighted by Crippen LogP contribution is 2.13. The molecule has 1 aromatic rings. The fourth-order valence-corrected chi connectivity index (χ4v) is 2.60.